The molecule has 0 aromatic rings. The molecule has 0 aromatic carbocycles. The van der Waals surface area contributed by atoms with E-state index < -0.39 is 5.60 Å². The van der Waals surface area contributed by atoms with Gasteiger partial charge < -0.3 is 14.8 Å². The van der Waals surface area contributed by atoms with Gasteiger partial charge >= 0.3 is 11.9 Å². The van der Waals surface area contributed by atoms with Crippen LogP contribution >= 0.6 is 0 Å². The van der Waals surface area contributed by atoms with Gasteiger partial charge in [-0.3, -0.25) is 14.4 Å². The zero-order valence-electron chi connectivity index (χ0n) is 27.4. The van der Waals surface area contributed by atoms with E-state index in [0.29, 0.717) is 35.0 Å². The maximum Gasteiger partial charge on any atom is 0.325 e. The average molecular weight is 574 g/mol. The highest BCUT2D eigenvalue weighted by molar-refractivity contribution is 5.82. The summed E-state index contributed by atoms with van der Waals surface area (Å²) in [6.45, 7) is 17.0. The molecule has 10 atom stereocenters. The molecule has 1 N–H and O–H groups in total. The zero-order chi connectivity index (χ0) is 30.2. The van der Waals surface area contributed by atoms with Crippen molar-refractivity contribution in [1.29, 1.82) is 0 Å². The number of hydrogen-bond acceptors (Lipinski definition) is 5. The number of nitrogens with one attached hydrogen (secondary N) is 1. The van der Waals surface area contributed by atoms with Crippen LogP contribution in [0.5, 0.6) is 0 Å². The summed E-state index contributed by atoms with van der Waals surface area (Å²) in [5.41, 5.74) is 0.195. The Kier molecular flexibility index (Phi) is 9.91. The van der Waals surface area contributed by atoms with Crippen LogP contribution in [0.15, 0.2) is 0 Å². The van der Waals surface area contributed by atoms with Crippen molar-refractivity contribution in [3.63, 3.8) is 0 Å². The van der Waals surface area contributed by atoms with Gasteiger partial charge in [-0.25, -0.2) is 0 Å². The predicted octanol–water partition coefficient (Wildman–Crippen LogP) is 7.48. The lowest BCUT2D eigenvalue weighted by Gasteiger charge is -2.61. The minimum Gasteiger partial charge on any atom is -0.462 e. The second kappa shape index (κ2) is 12.6. The van der Waals surface area contributed by atoms with Crippen LogP contribution in [0.3, 0.4) is 0 Å². The summed E-state index contributed by atoms with van der Waals surface area (Å²) in [4.78, 5) is 37.0. The molecule has 8 unspecified atom stereocenters. The quantitative estimate of drug-likeness (QED) is 0.289. The number of carbonyl (C=O) groups excluding carboxylic acids is 3. The highest BCUT2D eigenvalue weighted by Crippen LogP contribution is 2.68. The Morgan fingerprint density at radius 3 is 2.29 bits per heavy atom. The van der Waals surface area contributed by atoms with Crippen LogP contribution in [0, 0.1) is 52.3 Å². The second-order valence-corrected chi connectivity index (χ2v) is 15.9. The molecule has 4 saturated carbocycles. The highest BCUT2D eigenvalue weighted by Gasteiger charge is 2.60. The summed E-state index contributed by atoms with van der Waals surface area (Å²) in [6.07, 6.45) is 13.4. The molecule has 4 aliphatic rings. The number of fused-ring (bicyclic) bond motifs is 5. The van der Waals surface area contributed by atoms with Gasteiger partial charge in [-0.05, 0) is 138 Å². The Balaban J connectivity index is 1.31. The zero-order valence-corrected chi connectivity index (χ0v) is 27.4. The Morgan fingerprint density at radius 1 is 0.927 bits per heavy atom. The van der Waals surface area contributed by atoms with Crippen molar-refractivity contribution in [2.75, 3.05) is 6.54 Å². The molecule has 4 aliphatic carbocycles. The number of amides is 1. The molecule has 4 rings (SSSR count). The molecule has 6 heteroatoms. The van der Waals surface area contributed by atoms with Crippen LogP contribution in [0.1, 0.15) is 132 Å². The summed E-state index contributed by atoms with van der Waals surface area (Å²) < 4.78 is 11.3. The lowest BCUT2D eigenvalue weighted by molar-refractivity contribution is -0.166. The molecule has 0 aliphatic heterocycles. The van der Waals surface area contributed by atoms with Crippen LogP contribution < -0.4 is 5.32 Å². The fourth-order valence-corrected chi connectivity index (χ4v) is 9.94. The van der Waals surface area contributed by atoms with E-state index in [-0.39, 0.29) is 36.4 Å². The van der Waals surface area contributed by atoms with Crippen LogP contribution in [0.4, 0.5) is 0 Å². The minimum absolute atomic E-state index is 0.000566. The first-order valence-corrected chi connectivity index (χ1v) is 16.9. The van der Waals surface area contributed by atoms with Gasteiger partial charge in [-0.1, -0.05) is 34.6 Å². The number of hydrogen-bond donors (Lipinski definition) is 1. The Bertz CT molecular complexity index is 957. The third-order valence-electron chi connectivity index (χ3n) is 12.4. The molecule has 41 heavy (non-hydrogen) atoms. The predicted molar refractivity (Wildman–Crippen MR) is 162 cm³/mol. The molecule has 0 spiro atoms. The molecule has 0 heterocycles. The van der Waals surface area contributed by atoms with E-state index in [1.165, 1.54) is 44.9 Å². The van der Waals surface area contributed by atoms with Crippen LogP contribution in [0.2, 0.25) is 0 Å². The van der Waals surface area contributed by atoms with E-state index in [0.717, 1.165) is 43.4 Å². The lowest BCUT2D eigenvalue weighted by Crippen LogP contribution is -2.54. The van der Waals surface area contributed by atoms with Gasteiger partial charge in [-0.2, -0.15) is 0 Å². The molecule has 1 amide bonds. The normalized spacial score (nSPS) is 38.0. The van der Waals surface area contributed by atoms with E-state index in [1.807, 2.05) is 27.7 Å². The van der Waals surface area contributed by atoms with Crippen LogP contribution in [-0.2, 0) is 23.9 Å². The first-order valence-electron chi connectivity index (χ1n) is 16.9. The molecular formula is C35H59NO5. The Labute approximate surface area is 249 Å². The van der Waals surface area contributed by atoms with E-state index in [9.17, 15) is 14.4 Å². The summed E-state index contributed by atoms with van der Waals surface area (Å²) >= 11 is 0. The number of esters is 2. The van der Waals surface area contributed by atoms with Crippen molar-refractivity contribution in [2.45, 2.75) is 144 Å². The Hall–Kier alpha value is -1.59. The van der Waals surface area contributed by atoms with E-state index in [2.05, 4.69) is 33.0 Å². The maximum absolute atomic E-state index is 12.5. The Morgan fingerprint density at radius 2 is 1.61 bits per heavy atom. The first kappa shape index (κ1) is 32.3. The molecule has 0 bridgehead atoms. The highest BCUT2D eigenvalue weighted by atomic mass is 16.6. The summed E-state index contributed by atoms with van der Waals surface area (Å²) in [5, 5.41) is 2.77. The largest absolute Gasteiger partial charge is 0.462 e. The van der Waals surface area contributed by atoms with Crippen molar-refractivity contribution < 1.29 is 23.9 Å². The van der Waals surface area contributed by atoms with Gasteiger partial charge in [0, 0.05) is 6.42 Å². The van der Waals surface area contributed by atoms with Gasteiger partial charge in [0.15, 0.2) is 0 Å². The molecule has 0 radical (unpaired) electrons. The fraction of sp³-hybridized carbons (Fsp3) is 0.914. The average Bonchev–Trinajstić information content (AvgIpc) is 3.26. The number of ether oxygens (including phenoxy) is 2. The van der Waals surface area contributed by atoms with E-state index in [1.54, 1.807) is 0 Å². The molecule has 0 saturated heterocycles. The van der Waals surface area contributed by atoms with Gasteiger partial charge in [0.25, 0.3) is 0 Å². The topological polar surface area (TPSA) is 81.7 Å². The third kappa shape index (κ3) is 6.98. The molecule has 0 aromatic heterocycles. The van der Waals surface area contributed by atoms with E-state index in [4.69, 9.17) is 9.47 Å². The standard InChI is InChI=1S/C35H59NO5/c1-9-22(2)32(39)40-25-16-18-34(7)24(20-25)11-12-26-28-14-13-27(35(28,8)19-17-29(26)34)23(3)10-15-30(37)36-21-31(38)41-33(4,5)6/h22-29H,9-21H2,1-8H3,(H,36,37)/t22?,23?,24?,25?,26?,27?,28?,29?,34-,35+/m0/s1. The van der Waals surface area contributed by atoms with Crippen molar-refractivity contribution in [3.05, 3.63) is 0 Å². The fourth-order valence-electron chi connectivity index (χ4n) is 9.94. The molecular weight excluding hydrogens is 514 g/mol. The number of rotatable bonds is 9. The van der Waals surface area contributed by atoms with Crippen LogP contribution in [-0.4, -0.2) is 36.1 Å². The van der Waals surface area contributed by atoms with Crippen molar-refractivity contribution in [3.8, 4) is 0 Å². The third-order valence-corrected chi connectivity index (χ3v) is 12.4. The van der Waals surface area contributed by atoms with Gasteiger partial charge in [-0.15, -0.1) is 0 Å². The molecule has 234 valence electrons. The first-order chi connectivity index (χ1) is 19.2. The second-order valence-electron chi connectivity index (χ2n) is 15.9. The summed E-state index contributed by atoms with van der Waals surface area (Å²) in [7, 11) is 0. The van der Waals surface area contributed by atoms with E-state index >= 15 is 0 Å². The number of carbonyl (C=O) groups is 3. The van der Waals surface area contributed by atoms with Crippen molar-refractivity contribution in [1.82, 2.24) is 5.32 Å². The van der Waals surface area contributed by atoms with Gasteiger partial charge in [0.2, 0.25) is 5.91 Å². The molecule has 4 fully saturated rings. The van der Waals surface area contributed by atoms with Crippen LogP contribution in [0.25, 0.3) is 0 Å². The minimum atomic E-state index is -0.540. The summed E-state index contributed by atoms with van der Waals surface area (Å²) in [6, 6.07) is 0. The smallest absolute Gasteiger partial charge is 0.325 e. The summed E-state index contributed by atoms with van der Waals surface area (Å²) in [5.74, 6) is 3.77. The van der Waals surface area contributed by atoms with Gasteiger partial charge in [0.05, 0.1) is 5.92 Å². The van der Waals surface area contributed by atoms with Crippen molar-refractivity contribution in [2.24, 2.45) is 52.3 Å². The monoisotopic (exact) mass is 573 g/mol. The lowest BCUT2D eigenvalue weighted by atomic mass is 9.44. The molecule has 6 nitrogen and oxygen atoms in total. The maximum atomic E-state index is 12.5. The van der Waals surface area contributed by atoms with Crippen molar-refractivity contribution >= 4 is 17.8 Å². The SMILES string of the molecule is CCC(C)C(=O)OC1CC[C@@]2(C)C(CCC3C4CCC(C(C)CCC(=O)NCC(=O)OC(C)(C)C)[C@@]4(C)CCC32)C1. The van der Waals surface area contributed by atoms with Gasteiger partial charge in [0.1, 0.15) is 18.2 Å².